The molecule has 0 saturated heterocycles. The molecule has 0 fully saturated rings. The van der Waals surface area contributed by atoms with Crippen LogP contribution < -0.4 is 0 Å². The van der Waals surface area contributed by atoms with Crippen LogP contribution in [0.1, 0.15) is 117 Å². The Morgan fingerprint density at radius 3 is 2.06 bits per heavy atom. The predicted molar refractivity (Wildman–Crippen MR) is 140 cm³/mol. The number of aliphatic hydroxyl groups excluding tert-OH is 1. The lowest BCUT2D eigenvalue weighted by Gasteiger charge is -2.15. The molecule has 0 aromatic rings. The summed E-state index contributed by atoms with van der Waals surface area (Å²) in [6.07, 6.45) is 30.4. The lowest BCUT2D eigenvalue weighted by Crippen LogP contribution is -2.26. The van der Waals surface area contributed by atoms with Crippen LogP contribution in [-0.2, 0) is 14.3 Å². The lowest BCUT2D eigenvalue weighted by atomic mass is 10.1. The summed E-state index contributed by atoms with van der Waals surface area (Å²) in [4.78, 5) is 11.9. The molecule has 0 aliphatic heterocycles. The van der Waals surface area contributed by atoms with E-state index in [2.05, 4.69) is 50.3 Å². The second-order valence-corrected chi connectivity index (χ2v) is 8.73. The molecule has 0 aliphatic rings. The van der Waals surface area contributed by atoms with Crippen molar-refractivity contribution in [3.63, 3.8) is 0 Å². The number of carbonyl (C=O) groups excluding carboxylic acids is 1. The van der Waals surface area contributed by atoms with E-state index < -0.39 is 6.10 Å². The van der Waals surface area contributed by atoms with Gasteiger partial charge in [0, 0.05) is 13.0 Å². The maximum absolute atomic E-state index is 11.9. The molecule has 0 aromatic carbocycles. The molecule has 1 unspecified atom stereocenters. The Morgan fingerprint density at radius 2 is 1.36 bits per heavy atom. The fraction of sp³-hybridized carbons (Fsp3) is 0.759. The van der Waals surface area contributed by atoms with Gasteiger partial charge in [-0.25, -0.2) is 0 Å². The number of esters is 1. The van der Waals surface area contributed by atoms with Gasteiger partial charge in [-0.3, -0.25) is 4.79 Å². The first-order chi connectivity index (χ1) is 16.2. The molecule has 0 radical (unpaired) electrons. The van der Waals surface area contributed by atoms with Gasteiger partial charge >= 0.3 is 5.97 Å². The third-order valence-electron chi connectivity index (χ3n) is 5.52. The molecule has 0 aromatic heterocycles. The summed E-state index contributed by atoms with van der Waals surface area (Å²) in [7, 11) is 0. The molecular formula is C29H52O4. The van der Waals surface area contributed by atoms with Crippen LogP contribution >= 0.6 is 0 Å². The van der Waals surface area contributed by atoms with E-state index in [0.717, 1.165) is 57.8 Å². The molecule has 0 heterocycles. The van der Waals surface area contributed by atoms with Gasteiger partial charge in [-0.2, -0.15) is 0 Å². The van der Waals surface area contributed by atoms with Gasteiger partial charge < -0.3 is 14.6 Å². The van der Waals surface area contributed by atoms with Crippen molar-refractivity contribution in [2.24, 2.45) is 0 Å². The van der Waals surface area contributed by atoms with Gasteiger partial charge in [0.05, 0.1) is 6.61 Å². The third kappa shape index (κ3) is 25.1. The average molecular weight is 465 g/mol. The summed E-state index contributed by atoms with van der Waals surface area (Å²) >= 11 is 0. The van der Waals surface area contributed by atoms with Gasteiger partial charge in [0.25, 0.3) is 0 Å². The van der Waals surface area contributed by atoms with Gasteiger partial charge in [-0.1, -0.05) is 102 Å². The van der Waals surface area contributed by atoms with Crippen LogP contribution in [0.25, 0.3) is 0 Å². The molecule has 0 rings (SSSR count). The quantitative estimate of drug-likeness (QED) is 0.0897. The van der Waals surface area contributed by atoms with Crippen LogP contribution in [0.4, 0.5) is 0 Å². The second kappa shape index (κ2) is 26.9. The molecule has 0 saturated carbocycles. The van der Waals surface area contributed by atoms with Crippen molar-refractivity contribution in [2.75, 3.05) is 19.8 Å². The smallest absolute Gasteiger partial charge is 0.305 e. The maximum Gasteiger partial charge on any atom is 0.305 e. The van der Waals surface area contributed by atoms with E-state index >= 15 is 0 Å². The van der Waals surface area contributed by atoms with Gasteiger partial charge in [0.1, 0.15) is 12.7 Å². The van der Waals surface area contributed by atoms with Crippen LogP contribution in [0.5, 0.6) is 0 Å². The van der Waals surface area contributed by atoms with Crippen molar-refractivity contribution in [1.82, 2.24) is 0 Å². The molecule has 192 valence electrons. The zero-order valence-electron chi connectivity index (χ0n) is 21.6. The highest BCUT2D eigenvalue weighted by atomic mass is 16.6. The number of carbonyl (C=O) groups is 1. The normalized spacial score (nSPS) is 12.9. The molecule has 0 aliphatic carbocycles. The molecule has 33 heavy (non-hydrogen) atoms. The fourth-order valence-corrected chi connectivity index (χ4v) is 3.43. The van der Waals surface area contributed by atoms with Gasteiger partial charge in [0.2, 0.25) is 0 Å². The van der Waals surface area contributed by atoms with Crippen molar-refractivity contribution in [3.05, 3.63) is 36.5 Å². The molecular weight excluding hydrogens is 412 g/mol. The zero-order chi connectivity index (χ0) is 24.2. The number of hydrogen-bond donors (Lipinski definition) is 1. The van der Waals surface area contributed by atoms with E-state index in [9.17, 15) is 9.90 Å². The van der Waals surface area contributed by atoms with Crippen LogP contribution in [0.3, 0.4) is 0 Å². The standard InChI is InChI=1S/C29H52O4/c1-3-5-7-9-11-12-13-14-15-16-17-18-19-20-22-24-29(31)33-27-28(26-30)32-25-23-21-10-8-6-4-2/h5,7,11-12,14-15,28,30H,3-4,6,8-10,13,16-27H2,1-2H3/b7-5-,12-11-,15-14-. The van der Waals surface area contributed by atoms with Gasteiger partial charge in [0.15, 0.2) is 0 Å². The Labute approximate surface area is 204 Å². The Hall–Kier alpha value is -1.39. The average Bonchev–Trinajstić information content (AvgIpc) is 2.82. The number of hydrogen-bond acceptors (Lipinski definition) is 4. The summed E-state index contributed by atoms with van der Waals surface area (Å²) in [5.74, 6) is -0.183. The first-order valence-electron chi connectivity index (χ1n) is 13.6. The highest BCUT2D eigenvalue weighted by Crippen LogP contribution is 2.09. The monoisotopic (exact) mass is 464 g/mol. The Balaban J connectivity index is 3.51. The highest BCUT2D eigenvalue weighted by molar-refractivity contribution is 5.69. The van der Waals surface area contributed by atoms with E-state index in [1.807, 2.05) is 0 Å². The first kappa shape index (κ1) is 31.6. The number of unbranched alkanes of at least 4 members (excludes halogenated alkanes) is 10. The molecule has 4 nitrogen and oxygen atoms in total. The minimum atomic E-state index is -0.397. The zero-order valence-corrected chi connectivity index (χ0v) is 21.6. The predicted octanol–water partition coefficient (Wildman–Crippen LogP) is 7.86. The van der Waals surface area contributed by atoms with Crippen molar-refractivity contribution in [2.45, 2.75) is 123 Å². The van der Waals surface area contributed by atoms with Crippen molar-refractivity contribution in [3.8, 4) is 0 Å². The van der Waals surface area contributed by atoms with E-state index in [-0.39, 0.29) is 19.2 Å². The fourth-order valence-electron chi connectivity index (χ4n) is 3.43. The summed E-state index contributed by atoms with van der Waals surface area (Å²) in [6, 6.07) is 0. The molecule has 4 heteroatoms. The summed E-state index contributed by atoms with van der Waals surface area (Å²) in [6.45, 7) is 5.04. The van der Waals surface area contributed by atoms with Crippen LogP contribution in [-0.4, -0.2) is 37.0 Å². The lowest BCUT2D eigenvalue weighted by molar-refractivity contribution is -0.149. The Kier molecular flexibility index (Phi) is 25.7. The van der Waals surface area contributed by atoms with Crippen LogP contribution in [0.15, 0.2) is 36.5 Å². The van der Waals surface area contributed by atoms with E-state index in [4.69, 9.17) is 9.47 Å². The SMILES string of the molecule is CC/C=C\C/C=C\C/C=C\CCCCCCCC(=O)OCC(CO)OCCCCCCCC. The molecule has 0 amide bonds. The number of ether oxygens (including phenoxy) is 2. The number of rotatable bonds is 24. The first-order valence-corrected chi connectivity index (χ1v) is 13.6. The maximum atomic E-state index is 11.9. The minimum Gasteiger partial charge on any atom is -0.463 e. The molecule has 0 spiro atoms. The van der Waals surface area contributed by atoms with Crippen LogP contribution in [0, 0.1) is 0 Å². The van der Waals surface area contributed by atoms with E-state index in [1.165, 1.54) is 38.5 Å². The molecule has 1 N–H and O–H groups in total. The van der Waals surface area contributed by atoms with Crippen molar-refractivity contribution < 1.29 is 19.4 Å². The topological polar surface area (TPSA) is 55.8 Å². The highest BCUT2D eigenvalue weighted by Gasteiger charge is 2.11. The third-order valence-corrected chi connectivity index (χ3v) is 5.52. The summed E-state index contributed by atoms with van der Waals surface area (Å²) in [5.41, 5.74) is 0. The summed E-state index contributed by atoms with van der Waals surface area (Å²) < 4.78 is 10.9. The Morgan fingerprint density at radius 1 is 0.758 bits per heavy atom. The second-order valence-electron chi connectivity index (χ2n) is 8.73. The van der Waals surface area contributed by atoms with E-state index in [0.29, 0.717) is 13.0 Å². The Bertz CT molecular complexity index is 496. The number of aliphatic hydroxyl groups is 1. The molecule has 1 atom stereocenters. The number of allylic oxidation sites excluding steroid dienone is 6. The molecule has 0 bridgehead atoms. The van der Waals surface area contributed by atoms with Crippen molar-refractivity contribution >= 4 is 5.97 Å². The largest absolute Gasteiger partial charge is 0.463 e. The van der Waals surface area contributed by atoms with Gasteiger partial charge in [-0.05, 0) is 44.9 Å². The van der Waals surface area contributed by atoms with Crippen LogP contribution in [0.2, 0.25) is 0 Å². The summed E-state index contributed by atoms with van der Waals surface area (Å²) in [5, 5.41) is 9.40. The van der Waals surface area contributed by atoms with E-state index in [1.54, 1.807) is 0 Å². The minimum absolute atomic E-state index is 0.107. The van der Waals surface area contributed by atoms with Gasteiger partial charge in [-0.15, -0.1) is 0 Å². The van der Waals surface area contributed by atoms with Crippen molar-refractivity contribution in [1.29, 1.82) is 0 Å².